The van der Waals surface area contributed by atoms with Crippen molar-refractivity contribution in [3.05, 3.63) is 65.6 Å². The van der Waals surface area contributed by atoms with Gasteiger partial charge in [0.25, 0.3) is 0 Å². The molecule has 0 bridgehead atoms. The van der Waals surface area contributed by atoms with E-state index in [4.69, 9.17) is 0 Å². The molecule has 0 atom stereocenters. The summed E-state index contributed by atoms with van der Waals surface area (Å²) in [7, 11) is 0. The average molecular weight is 402 g/mol. The molecule has 10 heteroatoms. The van der Waals surface area contributed by atoms with Crippen molar-refractivity contribution in [2.45, 2.75) is 20.0 Å². The topological polar surface area (TPSA) is 68.5 Å². The predicted octanol–water partition coefficient (Wildman–Crippen LogP) is 4.73. The number of aryl methyl sites for hydroxylation is 2. The number of hydrogen-bond acceptors (Lipinski definition) is 5. The molecule has 0 aliphatic heterocycles. The average Bonchev–Trinajstić information content (AvgIpc) is 3.09. The molecular weight excluding hydrogens is 388 g/mol. The highest BCUT2D eigenvalue weighted by Crippen LogP contribution is 2.35. The lowest BCUT2D eigenvalue weighted by Gasteiger charge is -2.16. The molecule has 0 radical (unpaired) electrons. The van der Waals surface area contributed by atoms with Crippen molar-refractivity contribution in [3.63, 3.8) is 0 Å². The van der Waals surface area contributed by atoms with E-state index in [-0.39, 0.29) is 5.95 Å². The van der Waals surface area contributed by atoms with Crippen molar-refractivity contribution in [2.24, 2.45) is 0 Å². The first kappa shape index (κ1) is 18.8. The van der Waals surface area contributed by atoms with Gasteiger partial charge in [0, 0.05) is 11.9 Å². The Morgan fingerprint density at radius 3 is 2.24 bits per heavy atom. The number of pyridine rings is 1. The van der Waals surface area contributed by atoms with E-state index in [1.807, 2.05) is 0 Å². The molecular formula is C19H14F4N6. The fraction of sp³-hybridized carbons (Fsp3) is 0.158. The minimum Gasteiger partial charge on any atom is -0.338 e. The standard InChI is InChI=1S/C19H14F4N6/c1-10-5-12(19(21,22)23)6-11(2)15(10)28-17-16-14(3-4-24-17)29(9-27-16)18-25-7-13(20)8-26-18/h3-9H,1-2H3,(H,24,28). The molecule has 0 saturated heterocycles. The molecule has 4 aromatic rings. The van der Waals surface area contributed by atoms with Crippen molar-refractivity contribution in [1.29, 1.82) is 0 Å². The van der Waals surface area contributed by atoms with Crippen LogP contribution in [0.25, 0.3) is 17.0 Å². The second-order valence-corrected chi connectivity index (χ2v) is 6.45. The zero-order chi connectivity index (χ0) is 20.8. The van der Waals surface area contributed by atoms with E-state index in [0.29, 0.717) is 33.7 Å². The number of rotatable bonds is 3. The Morgan fingerprint density at radius 1 is 0.966 bits per heavy atom. The van der Waals surface area contributed by atoms with Gasteiger partial charge in [-0.3, -0.25) is 4.57 Å². The number of alkyl halides is 3. The molecule has 0 spiro atoms. The van der Waals surface area contributed by atoms with Gasteiger partial charge in [-0.2, -0.15) is 13.2 Å². The van der Waals surface area contributed by atoms with Crippen LogP contribution in [-0.2, 0) is 6.18 Å². The first-order chi connectivity index (χ1) is 13.7. The summed E-state index contributed by atoms with van der Waals surface area (Å²) in [6.07, 6.45) is 0.672. The number of anilines is 2. The maximum atomic E-state index is 13.1. The quantitative estimate of drug-likeness (QED) is 0.502. The van der Waals surface area contributed by atoms with E-state index in [9.17, 15) is 17.6 Å². The summed E-state index contributed by atoms with van der Waals surface area (Å²) in [4.78, 5) is 16.5. The lowest BCUT2D eigenvalue weighted by atomic mass is 10.0. The third-order valence-electron chi connectivity index (χ3n) is 4.39. The highest BCUT2D eigenvalue weighted by molar-refractivity contribution is 5.89. The predicted molar refractivity (Wildman–Crippen MR) is 98.6 cm³/mol. The summed E-state index contributed by atoms with van der Waals surface area (Å²) >= 11 is 0. The van der Waals surface area contributed by atoms with Crippen LogP contribution in [0.5, 0.6) is 0 Å². The first-order valence-electron chi connectivity index (χ1n) is 8.49. The molecule has 6 nitrogen and oxygen atoms in total. The lowest BCUT2D eigenvalue weighted by Crippen LogP contribution is -2.08. The number of imidazole rings is 1. The molecule has 3 heterocycles. The molecule has 0 fully saturated rings. The van der Waals surface area contributed by atoms with E-state index in [0.717, 1.165) is 24.5 Å². The van der Waals surface area contributed by atoms with Crippen molar-refractivity contribution >= 4 is 22.5 Å². The van der Waals surface area contributed by atoms with Gasteiger partial charge in [-0.1, -0.05) is 0 Å². The Kier molecular flexibility index (Phi) is 4.40. The van der Waals surface area contributed by atoms with Crippen molar-refractivity contribution < 1.29 is 17.6 Å². The van der Waals surface area contributed by atoms with E-state index < -0.39 is 17.6 Å². The lowest BCUT2D eigenvalue weighted by molar-refractivity contribution is -0.137. The fourth-order valence-corrected chi connectivity index (χ4v) is 3.07. The van der Waals surface area contributed by atoms with Crippen LogP contribution in [0.15, 0.2) is 43.1 Å². The van der Waals surface area contributed by atoms with Gasteiger partial charge < -0.3 is 5.32 Å². The van der Waals surface area contributed by atoms with Gasteiger partial charge in [0.05, 0.1) is 23.5 Å². The number of benzene rings is 1. The van der Waals surface area contributed by atoms with Crippen LogP contribution in [0, 0.1) is 19.7 Å². The number of hydrogen-bond donors (Lipinski definition) is 1. The minimum atomic E-state index is -4.42. The molecule has 1 N–H and O–H groups in total. The Morgan fingerprint density at radius 2 is 1.62 bits per heavy atom. The molecule has 0 amide bonds. The number of aromatic nitrogens is 5. The smallest absolute Gasteiger partial charge is 0.338 e. The molecule has 0 aliphatic carbocycles. The number of fused-ring (bicyclic) bond motifs is 1. The minimum absolute atomic E-state index is 0.230. The van der Waals surface area contributed by atoms with E-state index in [1.165, 1.54) is 12.5 Å². The molecule has 148 valence electrons. The van der Waals surface area contributed by atoms with E-state index in [2.05, 4.69) is 25.3 Å². The zero-order valence-corrected chi connectivity index (χ0v) is 15.3. The molecule has 1 aromatic carbocycles. The second kappa shape index (κ2) is 6.80. The highest BCUT2D eigenvalue weighted by Gasteiger charge is 2.31. The summed E-state index contributed by atoms with van der Waals surface area (Å²) in [5.41, 5.74) is 1.75. The van der Waals surface area contributed by atoms with Gasteiger partial charge >= 0.3 is 6.18 Å². The molecule has 0 unspecified atom stereocenters. The van der Waals surface area contributed by atoms with Crippen LogP contribution >= 0.6 is 0 Å². The molecule has 0 saturated carbocycles. The number of nitrogens with one attached hydrogen (secondary N) is 1. The van der Waals surface area contributed by atoms with E-state index >= 15 is 0 Å². The third-order valence-corrected chi connectivity index (χ3v) is 4.39. The van der Waals surface area contributed by atoms with Gasteiger partial charge in [0.2, 0.25) is 5.95 Å². The van der Waals surface area contributed by atoms with Crippen molar-refractivity contribution in [2.75, 3.05) is 5.32 Å². The summed E-state index contributed by atoms with van der Waals surface area (Å²) < 4.78 is 53.7. The fourth-order valence-electron chi connectivity index (χ4n) is 3.07. The van der Waals surface area contributed by atoms with Crippen LogP contribution in [0.2, 0.25) is 0 Å². The maximum absolute atomic E-state index is 13.1. The third kappa shape index (κ3) is 3.48. The number of nitrogens with zero attached hydrogens (tertiary/aromatic N) is 5. The van der Waals surface area contributed by atoms with E-state index in [1.54, 1.807) is 24.5 Å². The Labute approximate surface area is 162 Å². The second-order valence-electron chi connectivity index (χ2n) is 6.45. The number of halogens is 4. The van der Waals surface area contributed by atoms with Crippen LogP contribution in [0.1, 0.15) is 16.7 Å². The van der Waals surface area contributed by atoms with Gasteiger partial charge in [-0.25, -0.2) is 24.3 Å². The summed E-state index contributed by atoms with van der Waals surface area (Å²) in [6.45, 7) is 3.19. The van der Waals surface area contributed by atoms with Crippen molar-refractivity contribution in [3.8, 4) is 5.95 Å². The molecule has 3 aromatic heterocycles. The normalized spacial score (nSPS) is 11.8. The summed E-state index contributed by atoms with van der Waals surface area (Å²) in [5.74, 6) is 0.0395. The zero-order valence-electron chi connectivity index (χ0n) is 15.3. The van der Waals surface area contributed by atoms with Crippen molar-refractivity contribution in [1.82, 2.24) is 24.5 Å². The van der Waals surface area contributed by atoms with Crippen LogP contribution in [0.4, 0.5) is 29.1 Å². The molecule has 0 aliphatic rings. The van der Waals surface area contributed by atoms with Crippen LogP contribution < -0.4 is 5.32 Å². The summed E-state index contributed by atoms with van der Waals surface area (Å²) in [6, 6.07) is 3.85. The Bertz CT molecular complexity index is 1170. The van der Waals surface area contributed by atoms with Crippen LogP contribution in [-0.4, -0.2) is 24.5 Å². The van der Waals surface area contributed by atoms with Gasteiger partial charge in [-0.05, 0) is 43.2 Å². The highest BCUT2D eigenvalue weighted by atomic mass is 19.4. The SMILES string of the molecule is Cc1cc(C(F)(F)F)cc(C)c1Nc1nccc2c1ncn2-c1ncc(F)cn1. The first-order valence-corrected chi connectivity index (χ1v) is 8.49. The largest absolute Gasteiger partial charge is 0.416 e. The van der Waals surface area contributed by atoms with Gasteiger partial charge in [0.15, 0.2) is 11.6 Å². The molecule has 29 heavy (non-hydrogen) atoms. The summed E-state index contributed by atoms with van der Waals surface area (Å²) in [5, 5.41) is 3.08. The van der Waals surface area contributed by atoms with Gasteiger partial charge in [0.1, 0.15) is 11.8 Å². The Hall–Kier alpha value is -3.56. The van der Waals surface area contributed by atoms with Gasteiger partial charge in [-0.15, -0.1) is 0 Å². The maximum Gasteiger partial charge on any atom is 0.416 e. The van der Waals surface area contributed by atoms with Crippen LogP contribution in [0.3, 0.4) is 0 Å². The monoisotopic (exact) mass is 402 g/mol. The Balaban J connectivity index is 1.76. The molecule has 4 rings (SSSR count).